The van der Waals surface area contributed by atoms with Gasteiger partial charge in [0.1, 0.15) is 0 Å². The van der Waals surface area contributed by atoms with Crippen molar-refractivity contribution in [1.82, 2.24) is 9.13 Å². The van der Waals surface area contributed by atoms with Gasteiger partial charge in [-0.1, -0.05) is 173 Å². The summed E-state index contributed by atoms with van der Waals surface area (Å²) in [5, 5.41) is 8.96. The van der Waals surface area contributed by atoms with Gasteiger partial charge in [-0.3, -0.25) is 0 Å². The fraction of sp³-hybridized carbons (Fsp3) is 0.364. The molecule has 2 aromatic heterocycles. The number of hydrogen-bond donors (Lipinski definition) is 1. The first kappa shape index (κ1) is 48.0. The largest absolute Gasteiger partial charge is 0.355 e. The van der Waals surface area contributed by atoms with Crippen LogP contribution in [-0.4, -0.2) is 9.13 Å². The Bertz CT molecular complexity index is 3420. The van der Waals surface area contributed by atoms with Crippen LogP contribution in [0.5, 0.6) is 0 Å². The van der Waals surface area contributed by atoms with Gasteiger partial charge in [0, 0.05) is 49.9 Å². The molecule has 0 bridgehead atoms. The van der Waals surface area contributed by atoms with E-state index in [1.165, 1.54) is 99.5 Å². The normalized spacial score (nSPS) is 13.4. The highest BCUT2D eigenvalue weighted by molar-refractivity contribution is 6.19. The molecule has 0 saturated heterocycles. The van der Waals surface area contributed by atoms with Crippen molar-refractivity contribution in [2.75, 3.05) is 5.32 Å². The second kappa shape index (κ2) is 16.3. The van der Waals surface area contributed by atoms with Crippen LogP contribution in [0, 0.1) is 0 Å². The molecule has 0 aliphatic carbocycles. The summed E-state index contributed by atoms with van der Waals surface area (Å²) in [6, 6.07) is 52.0. The fourth-order valence-corrected chi connectivity index (χ4v) is 10.0. The molecule has 0 saturated carbocycles. The molecule has 0 spiro atoms. The van der Waals surface area contributed by atoms with E-state index in [1.54, 1.807) is 0 Å². The second-order valence-corrected chi connectivity index (χ2v) is 26.3. The Morgan fingerprint density at radius 1 is 0.290 bits per heavy atom. The number of anilines is 2. The number of hydrogen-bond acceptors (Lipinski definition) is 1. The highest BCUT2D eigenvalue weighted by Gasteiger charge is 2.26. The van der Waals surface area contributed by atoms with Crippen molar-refractivity contribution < 1.29 is 0 Å². The van der Waals surface area contributed by atoms with Gasteiger partial charge in [0.25, 0.3) is 0 Å². The molecule has 0 fully saturated rings. The number of nitrogens with zero attached hydrogens (tertiary/aromatic N) is 2. The maximum atomic E-state index is 3.89. The molecule has 0 amide bonds. The van der Waals surface area contributed by atoms with Crippen LogP contribution >= 0.6 is 0 Å². The van der Waals surface area contributed by atoms with E-state index >= 15 is 0 Å². The first-order chi connectivity index (χ1) is 32.0. The number of fused-ring (bicyclic) bond motifs is 6. The van der Waals surface area contributed by atoms with Crippen molar-refractivity contribution in [2.24, 2.45) is 0 Å². The lowest BCUT2D eigenvalue weighted by Crippen LogP contribution is -2.13. The number of nitrogens with one attached hydrogen (secondary N) is 1. The van der Waals surface area contributed by atoms with Crippen molar-refractivity contribution >= 4 is 55.0 Å². The van der Waals surface area contributed by atoms with Gasteiger partial charge in [0.2, 0.25) is 0 Å². The molecule has 69 heavy (non-hydrogen) atoms. The fourth-order valence-electron chi connectivity index (χ4n) is 10.0. The first-order valence-electron chi connectivity index (χ1n) is 25.3. The third kappa shape index (κ3) is 9.04. The molecule has 7 aromatic carbocycles. The Morgan fingerprint density at radius 3 is 1.12 bits per heavy atom. The Hall–Kier alpha value is -6.06. The Kier molecular flexibility index (Phi) is 11.3. The SMILES string of the molecule is CC(C)(C)c1ccc(Nc2ccc(C(C)(C)C)cc2-c2cc(-n3c4ccc(C(C)(C)C)cc4c4cc5c(cc43)c3cc(C(C)(C)C)ccc3n5-c3ccc(C(C)(C)C)cc3)cc(C(C)(C)C)c2)cc1. The zero-order chi connectivity index (χ0) is 50.0. The molecular weight excluding hydrogens is 835 g/mol. The van der Waals surface area contributed by atoms with Crippen LogP contribution in [0.4, 0.5) is 11.4 Å². The molecule has 1 N–H and O–H groups in total. The van der Waals surface area contributed by atoms with Crippen LogP contribution in [0.2, 0.25) is 0 Å². The van der Waals surface area contributed by atoms with Gasteiger partial charge in [-0.2, -0.15) is 0 Å². The zero-order valence-electron chi connectivity index (χ0n) is 45.1. The smallest absolute Gasteiger partial charge is 0.0548 e. The van der Waals surface area contributed by atoms with Gasteiger partial charge >= 0.3 is 0 Å². The van der Waals surface area contributed by atoms with E-state index in [-0.39, 0.29) is 32.5 Å². The van der Waals surface area contributed by atoms with Crippen LogP contribution in [0.3, 0.4) is 0 Å². The summed E-state index contributed by atoms with van der Waals surface area (Å²) in [6.07, 6.45) is 0. The van der Waals surface area contributed by atoms with Gasteiger partial charge < -0.3 is 14.5 Å². The summed E-state index contributed by atoms with van der Waals surface area (Å²) < 4.78 is 5.07. The molecule has 9 aromatic rings. The lowest BCUT2D eigenvalue weighted by Gasteiger charge is -2.25. The van der Waals surface area contributed by atoms with E-state index < -0.39 is 0 Å². The molecule has 0 unspecified atom stereocenters. The number of rotatable bonds is 5. The molecule has 3 heteroatoms. The van der Waals surface area contributed by atoms with E-state index in [2.05, 4.69) is 273 Å². The van der Waals surface area contributed by atoms with E-state index in [4.69, 9.17) is 0 Å². The number of benzene rings is 7. The number of aromatic nitrogens is 2. The van der Waals surface area contributed by atoms with Crippen LogP contribution in [0.1, 0.15) is 158 Å². The van der Waals surface area contributed by atoms with Crippen LogP contribution in [0.15, 0.2) is 133 Å². The van der Waals surface area contributed by atoms with Crippen LogP contribution in [0.25, 0.3) is 66.1 Å². The van der Waals surface area contributed by atoms with Crippen LogP contribution in [-0.2, 0) is 32.5 Å². The monoisotopic (exact) mass is 912 g/mol. The van der Waals surface area contributed by atoms with Crippen molar-refractivity contribution in [3.8, 4) is 22.5 Å². The quantitative estimate of drug-likeness (QED) is 0.183. The molecule has 0 radical (unpaired) electrons. The third-order valence-electron chi connectivity index (χ3n) is 14.6. The van der Waals surface area contributed by atoms with Gasteiger partial charge in [0.05, 0.1) is 22.1 Å². The predicted octanol–water partition coefficient (Wildman–Crippen LogP) is 19.1. The summed E-state index contributed by atoms with van der Waals surface area (Å²) >= 11 is 0. The molecule has 9 rings (SSSR count). The lowest BCUT2D eigenvalue weighted by atomic mass is 9.82. The van der Waals surface area contributed by atoms with E-state index in [1.807, 2.05) is 0 Å². The van der Waals surface area contributed by atoms with Gasteiger partial charge in [-0.25, -0.2) is 0 Å². The Balaban J connectivity index is 1.36. The standard InChI is InChI=1S/C66H77N3/c1-61(2,3)42-19-26-48(27-20-42)67-56-30-23-44(63(7,8)9)36-51(56)41-33-47(66(16,17)18)35-50(34-41)69-58-32-25-46(65(13,14)15)38-53(58)55-39-59-54(40-60(55)69)52-37-45(64(10,11)12)24-31-57(52)68(59)49-28-21-43(22-29-49)62(4,5)6/h19-40,67H,1-18H3. The van der Waals surface area contributed by atoms with Crippen molar-refractivity contribution in [3.05, 3.63) is 167 Å². The minimum atomic E-state index is -0.118. The summed E-state index contributed by atoms with van der Waals surface area (Å²) in [7, 11) is 0. The molecule has 0 aliphatic heterocycles. The van der Waals surface area contributed by atoms with E-state index in [9.17, 15) is 0 Å². The minimum absolute atomic E-state index is 0.00297. The molecule has 356 valence electrons. The van der Waals surface area contributed by atoms with Crippen molar-refractivity contribution in [2.45, 2.75) is 157 Å². The molecule has 3 nitrogen and oxygen atoms in total. The highest BCUT2D eigenvalue weighted by atomic mass is 15.0. The van der Waals surface area contributed by atoms with E-state index in [0.717, 1.165) is 11.4 Å². The maximum Gasteiger partial charge on any atom is 0.0548 e. The van der Waals surface area contributed by atoms with Gasteiger partial charge in [-0.15, -0.1) is 0 Å². The molecule has 0 aliphatic rings. The van der Waals surface area contributed by atoms with Crippen molar-refractivity contribution in [1.29, 1.82) is 0 Å². The summed E-state index contributed by atoms with van der Waals surface area (Å²) in [5.74, 6) is 0. The second-order valence-electron chi connectivity index (χ2n) is 26.3. The predicted molar refractivity (Wildman–Crippen MR) is 302 cm³/mol. The topological polar surface area (TPSA) is 21.9 Å². The Labute approximate surface area is 414 Å². The van der Waals surface area contributed by atoms with Crippen molar-refractivity contribution in [3.63, 3.8) is 0 Å². The lowest BCUT2D eigenvalue weighted by molar-refractivity contribution is 0.589. The first-order valence-corrected chi connectivity index (χ1v) is 25.3. The average Bonchev–Trinajstić information content (AvgIpc) is 3.75. The minimum Gasteiger partial charge on any atom is -0.355 e. The maximum absolute atomic E-state index is 3.89. The van der Waals surface area contributed by atoms with Crippen LogP contribution < -0.4 is 5.32 Å². The summed E-state index contributed by atoms with van der Waals surface area (Å²) in [5.41, 5.74) is 19.7. The summed E-state index contributed by atoms with van der Waals surface area (Å²) in [6.45, 7) is 41.6. The highest BCUT2D eigenvalue weighted by Crippen LogP contribution is 2.45. The third-order valence-corrected chi connectivity index (χ3v) is 14.6. The van der Waals surface area contributed by atoms with E-state index in [0.29, 0.717) is 0 Å². The summed E-state index contributed by atoms with van der Waals surface area (Å²) in [4.78, 5) is 0. The molecule has 2 heterocycles. The van der Waals surface area contributed by atoms with Gasteiger partial charge in [-0.05, 0) is 156 Å². The molecule has 0 atom stereocenters. The van der Waals surface area contributed by atoms with Gasteiger partial charge in [0.15, 0.2) is 0 Å². The zero-order valence-corrected chi connectivity index (χ0v) is 45.1. The molecular formula is C66H77N3. The average molecular weight is 912 g/mol. The Morgan fingerprint density at radius 2 is 0.667 bits per heavy atom.